The minimum absolute atomic E-state index is 0.458. The zero-order chi connectivity index (χ0) is 16.1. The van der Waals surface area contributed by atoms with E-state index in [9.17, 15) is 0 Å². The van der Waals surface area contributed by atoms with Gasteiger partial charge in [0.25, 0.3) is 0 Å². The van der Waals surface area contributed by atoms with Crippen LogP contribution in [0.2, 0.25) is 0 Å². The van der Waals surface area contributed by atoms with Crippen LogP contribution in [0.1, 0.15) is 33.1 Å². The summed E-state index contributed by atoms with van der Waals surface area (Å²) in [4.78, 5) is 2.71. The summed E-state index contributed by atoms with van der Waals surface area (Å²) in [5.41, 5.74) is 0.484. The Labute approximate surface area is 144 Å². The van der Waals surface area contributed by atoms with E-state index in [-0.39, 0.29) is 0 Å². The molecule has 0 spiro atoms. The fourth-order valence-corrected chi connectivity index (χ4v) is 5.57. The van der Waals surface area contributed by atoms with E-state index >= 15 is 0 Å². The number of fused-ring (bicyclic) bond motifs is 1. The molecule has 0 amide bonds. The maximum Gasteiger partial charge on any atom is 0.146 e. The van der Waals surface area contributed by atoms with Crippen molar-refractivity contribution >= 4 is 11.8 Å². The molecule has 0 aromatic carbocycles. The topological polar surface area (TPSA) is 43.0 Å². The molecule has 0 aromatic rings. The molecule has 3 aliphatic rings. The molecule has 3 heterocycles. The van der Waals surface area contributed by atoms with Crippen molar-refractivity contribution in [3.63, 3.8) is 0 Å². The van der Waals surface area contributed by atoms with Crippen molar-refractivity contribution in [2.45, 2.75) is 50.7 Å². The van der Waals surface area contributed by atoms with Crippen LogP contribution in [0.25, 0.3) is 0 Å². The van der Waals surface area contributed by atoms with Crippen molar-refractivity contribution in [3.05, 3.63) is 0 Å². The maximum atomic E-state index is 5.86. The van der Waals surface area contributed by atoms with Crippen LogP contribution in [-0.2, 0) is 14.2 Å². The standard InChI is InChI=1S/C17H32N2O3S/c1-3-20-11-15-13(2)18-17-19(7-10-23-17)16(15)14-5-4-8-21-12-22-9-6-14/h13-18H,3-12H2,1-2H3. The van der Waals surface area contributed by atoms with Gasteiger partial charge in [-0.3, -0.25) is 10.2 Å². The van der Waals surface area contributed by atoms with E-state index in [1.165, 1.54) is 18.7 Å². The highest BCUT2D eigenvalue weighted by atomic mass is 32.2. The number of rotatable bonds is 4. The van der Waals surface area contributed by atoms with Gasteiger partial charge in [-0.25, -0.2) is 0 Å². The first-order chi connectivity index (χ1) is 11.3. The lowest BCUT2D eigenvalue weighted by atomic mass is 9.78. The van der Waals surface area contributed by atoms with Crippen molar-refractivity contribution in [2.24, 2.45) is 11.8 Å². The van der Waals surface area contributed by atoms with E-state index in [1.807, 2.05) is 0 Å². The van der Waals surface area contributed by atoms with Crippen molar-refractivity contribution in [2.75, 3.05) is 45.5 Å². The molecule has 1 N–H and O–H groups in total. The average Bonchev–Trinajstić information content (AvgIpc) is 3.04. The van der Waals surface area contributed by atoms with Crippen LogP contribution in [0.4, 0.5) is 0 Å². The largest absolute Gasteiger partial charge is 0.381 e. The molecule has 134 valence electrons. The third kappa shape index (κ3) is 4.41. The van der Waals surface area contributed by atoms with Gasteiger partial charge in [-0.05, 0) is 39.0 Å². The van der Waals surface area contributed by atoms with E-state index in [2.05, 4.69) is 35.8 Å². The summed E-state index contributed by atoms with van der Waals surface area (Å²) >= 11 is 2.06. The summed E-state index contributed by atoms with van der Waals surface area (Å²) in [7, 11) is 0. The maximum absolute atomic E-state index is 5.86. The highest BCUT2D eigenvalue weighted by Crippen LogP contribution is 2.39. The van der Waals surface area contributed by atoms with Gasteiger partial charge in [-0.15, -0.1) is 11.8 Å². The Kier molecular flexibility index (Phi) is 7.04. The lowest BCUT2D eigenvalue weighted by molar-refractivity contribution is -0.0561. The molecule has 5 atom stereocenters. The smallest absolute Gasteiger partial charge is 0.146 e. The Balaban J connectivity index is 1.75. The molecule has 0 bridgehead atoms. The molecule has 3 saturated heterocycles. The van der Waals surface area contributed by atoms with Crippen molar-refractivity contribution < 1.29 is 14.2 Å². The van der Waals surface area contributed by atoms with Crippen LogP contribution >= 0.6 is 11.8 Å². The van der Waals surface area contributed by atoms with Gasteiger partial charge in [-0.1, -0.05) is 0 Å². The van der Waals surface area contributed by atoms with Gasteiger partial charge in [-0.2, -0.15) is 0 Å². The minimum Gasteiger partial charge on any atom is -0.381 e. The fourth-order valence-electron chi connectivity index (χ4n) is 4.28. The summed E-state index contributed by atoms with van der Waals surface area (Å²) in [6, 6.07) is 1.10. The van der Waals surface area contributed by atoms with E-state index in [4.69, 9.17) is 14.2 Å². The number of thioether (sulfide) groups is 1. The molecule has 3 fully saturated rings. The average molecular weight is 345 g/mol. The normalized spacial score (nSPS) is 40.2. The zero-order valence-electron chi connectivity index (χ0n) is 14.5. The Morgan fingerprint density at radius 1 is 1.26 bits per heavy atom. The monoisotopic (exact) mass is 344 g/mol. The van der Waals surface area contributed by atoms with Gasteiger partial charge in [0.05, 0.1) is 6.61 Å². The molecule has 23 heavy (non-hydrogen) atoms. The number of hydrogen-bond acceptors (Lipinski definition) is 6. The van der Waals surface area contributed by atoms with Gasteiger partial charge in [0.15, 0.2) is 0 Å². The SMILES string of the molecule is CCOCC1C(C)NC2SCCN2C1C1CCCOCOCC1. The molecular formula is C17H32N2O3S. The quantitative estimate of drug-likeness (QED) is 0.843. The zero-order valence-corrected chi connectivity index (χ0v) is 15.4. The van der Waals surface area contributed by atoms with E-state index in [1.54, 1.807) is 0 Å². The molecule has 3 aliphatic heterocycles. The van der Waals surface area contributed by atoms with Gasteiger partial charge in [0.2, 0.25) is 0 Å². The predicted molar refractivity (Wildman–Crippen MR) is 93.4 cm³/mol. The molecule has 5 nitrogen and oxygen atoms in total. The van der Waals surface area contributed by atoms with Crippen molar-refractivity contribution in [1.82, 2.24) is 10.2 Å². The Morgan fingerprint density at radius 2 is 2.13 bits per heavy atom. The van der Waals surface area contributed by atoms with E-state index in [0.29, 0.717) is 36.2 Å². The molecule has 6 heteroatoms. The second-order valence-electron chi connectivity index (χ2n) is 6.86. The summed E-state index contributed by atoms with van der Waals surface area (Å²) in [6.07, 6.45) is 3.51. The first-order valence-electron chi connectivity index (χ1n) is 9.18. The minimum atomic E-state index is 0.458. The lowest BCUT2D eigenvalue weighted by Crippen LogP contribution is -2.64. The van der Waals surface area contributed by atoms with Gasteiger partial charge in [0, 0.05) is 50.1 Å². The van der Waals surface area contributed by atoms with Crippen LogP contribution < -0.4 is 5.32 Å². The summed E-state index contributed by atoms with van der Waals surface area (Å²) in [5.74, 6) is 2.46. The van der Waals surface area contributed by atoms with E-state index in [0.717, 1.165) is 39.3 Å². The summed E-state index contributed by atoms with van der Waals surface area (Å²) < 4.78 is 17.0. The summed E-state index contributed by atoms with van der Waals surface area (Å²) in [6.45, 7) is 9.38. The number of hydrogen-bond donors (Lipinski definition) is 1. The summed E-state index contributed by atoms with van der Waals surface area (Å²) in [5, 5.41) is 3.80. The molecular weight excluding hydrogens is 312 g/mol. The van der Waals surface area contributed by atoms with Crippen LogP contribution in [0.5, 0.6) is 0 Å². The Bertz CT molecular complexity index is 351. The van der Waals surface area contributed by atoms with Gasteiger partial charge < -0.3 is 14.2 Å². The first-order valence-corrected chi connectivity index (χ1v) is 10.2. The third-order valence-corrected chi connectivity index (χ3v) is 6.60. The molecule has 0 radical (unpaired) electrons. The second kappa shape index (κ2) is 9.02. The number of nitrogens with one attached hydrogen (secondary N) is 1. The predicted octanol–water partition coefficient (Wildman–Crippen LogP) is 2.12. The van der Waals surface area contributed by atoms with Crippen molar-refractivity contribution in [3.8, 4) is 0 Å². The molecule has 3 rings (SSSR count). The Morgan fingerprint density at radius 3 is 3.00 bits per heavy atom. The van der Waals surface area contributed by atoms with Crippen molar-refractivity contribution in [1.29, 1.82) is 0 Å². The number of ether oxygens (including phenoxy) is 3. The van der Waals surface area contributed by atoms with Crippen LogP contribution in [0, 0.1) is 11.8 Å². The van der Waals surface area contributed by atoms with Crippen LogP contribution in [0.3, 0.4) is 0 Å². The highest BCUT2D eigenvalue weighted by molar-refractivity contribution is 8.00. The second-order valence-corrected chi connectivity index (χ2v) is 8.04. The molecule has 0 saturated carbocycles. The lowest BCUT2D eigenvalue weighted by Gasteiger charge is -2.49. The highest BCUT2D eigenvalue weighted by Gasteiger charge is 2.46. The number of nitrogens with zero attached hydrogens (tertiary/aromatic N) is 1. The van der Waals surface area contributed by atoms with Gasteiger partial charge >= 0.3 is 0 Å². The van der Waals surface area contributed by atoms with E-state index < -0.39 is 0 Å². The van der Waals surface area contributed by atoms with Gasteiger partial charge in [0.1, 0.15) is 12.3 Å². The van der Waals surface area contributed by atoms with Crippen LogP contribution in [-0.4, -0.2) is 68.0 Å². The molecule has 0 aromatic heterocycles. The molecule has 0 aliphatic carbocycles. The first kappa shape index (κ1) is 18.0. The third-order valence-electron chi connectivity index (χ3n) is 5.46. The molecule has 5 unspecified atom stereocenters. The Hall–Kier alpha value is 0.150. The fraction of sp³-hybridized carbons (Fsp3) is 1.00. The van der Waals surface area contributed by atoms with Crippen LogP contribution in [0.15, 0.2) is 0 Å².